The lowest BCUT2D eigenvalue weighted by Crippen LogP contribution is -2.13. The Kier molecular flexibility index (Phi) is 5.66. The van der Waals surface area contributed by atoms with Gasteiger partial charge in [-0.1, -0.05) is 5.57 Å². The fourth-order valence-electron chi connectivity index (χ4n) is 1.53. The van der Waals surface area contributed by atoms with Crippen molar-refractivity contribution in [1.29, 1.82) is 5.26 Å². The average Bonchev–Trinajstić information content (AvgIpc) is 2.20. The topological polar surface area (TPSA) is 70.0 Å². The molecule has 3 nitrogen and oxygen atoms in total. The zero-order valence-corrected chi connectivity index (χ0v) is 10.2. The van der Waals surface area contributed by atoms with Crippen molar-refractivity contribution in [2.45, 2.75) is 19.4 Å². The van der Waals surface area contributed by atoms with Gasteiger partial charge in [0.2, 0.25) is 0 Å². The summed E-state index contributed by atoms with van der Waals surface area (Å²) in [6.45, 7) is 5.47. The Morgan fingerprint density at radius 2 is 2.24 bits per heavy atom. The van der Waals surface area contributed by atoms with E-state index in [4.69, 9.17) is 11.0 Å². The second-order valence-electron chi connectivity index (χ2n) is 3.74. The van der Waals surface area contributed by atoms with Crippen molar-refractivity contribution in [3.05, 3.63) is 41.2 Å². The highest BCUT2D eigenvalue weighted by atomic mass is 35.5. The van der Waals surface area contributed by atoms with Gasteiger partial charge in [0.25, 0.3) is 0 Å². The molecule has 0 spiro atoms. The first kappa shape index (κ1) is 15.4. The van der Waals surface area contributed by atoms with Crippen LogP contribution in [0.1, 0.15) is 30.5 Å². The van der Waals surface area contributed by atoms with Crippen LogP contribution >= 0.6 is 12.4 Å². The van der Waals surface area contributed by atoms with Crippen LogP contribution in [0.2, 0.25) is 0 Å². The Bertz CT molecular complexity index is 468. The van der Waals surface area contributed by atoms with E-state index >= 15 is 0 Å². The van der Waals surface area contributed by atoms with Crippen LogP contribution in [0.5, 0.6) is 5.75 Å². The molecule has 1 aromatic rings. The number of halogens is 2. The predicted octanol–water partition coefficient (Wildman–Crippen LogP) is 2.79. The molecule has 0 heterocycles. The van der Waals surface area contributed by atoms with Crippen molar-refractivity contribution in [1.82, 2.24) is 0 Å². The first-order valence-corrected chi connectivity index (χ1v) is 4.78. The smallest absolute Gasteiger partial charge is 0.165 e. The SMILES string of the molecule is C=C(C)C[C@H](N)c1c(C#N)ccc(F)c1O.Cl. The third-order valence-corrected chi connectivity index (χ3v) is 2.23. The van der Waals surface area contributed by atoms with Gasteiger partial charge in [-0.25, -0.2) is 4.39 Å². The Morgan fingerprint density at radius 3 is 2.71 bits per heavy atom. The number of hydrogen-bond donors (Lipinski definition) is 2. The van der Waals surface area contributed by atoms with Crippen LogP contribution in [0, 0.1) is 17.1 Å². The summed E-state index contributed by atoms with van der Waals surface area (Å²) in [7, 11) is 0. The third kappa shape index (κ3) is 3.45. The number of phenolic OH excluding ortho intramolecular Hbond substituents is 1. The maximum Gasteiger partial charge on any atom is 0.165 e. The molecule has 92 valence electrons. The molecule has 1 aromatic carbocycles. The van der Waals surface area contributed by atoms with Crippen molar-refractivity contribution in [2.24, 2.45) is 5.73 Å². The first-order chi connectivity index (χ1) is 7.47. The Morgan fingerprint density at radius 1 is 1.65 bits per heavy atom. The van der Waals surface area contributed by atoms with E-state index < -0.39 is 17.6 Å². The molecule has 0 unspecified atom stereocenters. The van der Waals surface area contributed by atoms with Gasteiger partial charge in [-0.15, -0.1) is 19.0 Å². The molecule has 0 amide bonds. The Hall–Kier alpha value is -1.57. The number of nitrogens with two attached hydrogens (primary N) is 1. The zero-order valence-electron chi connectivity index (χ0n) is 9.40. The van der Waals surface area contributed by atoms with Crippen LogP contribution in [-0.2, 0) is 0 Å². The summed E-state index contributed by atoms with van der Waals surface area (Å²) in [6.07, 6.45) is 0.395. The Labute approximate surface area is 106 Å². The largest absolute Gasteiger partial charge is 0.505 e. The van der Waals surface area contributed by atoms with E-state index in [0.29, 0.717) is 6.42 Å². The lowest BCUT2D eigenvalue weighted by molar-refractivity contribution is 0.420. The van der Waals surface area contributed by atoms with Crippen LogP contribution in [-0.4, -0.2) is 5.11 Å². The molecule has 0 radical (unpaired) electrons. The minimum Gasteiger partial charge on any atom is -0.505 e. The van der Waals surface area contributed by atoms with Gasteiger partial charge < -0.3 is 10.8 Å². The first-order valence-electron chi connectivity index (χ1n) is 4.78. The minimum absolute atomic E-state index is 0. The van der Waals surface area contributed by atoms with Gasteiger partial charge in [0.15, 0.2) is 11.6 Å². The van der Waals surface area contributed by atoms with E-state index in [1.54, 1.807) is 6.92 Å². The standard InChI is InChI=1S/C12H13FN2O.ClH/c1-7(2)5-10(15)11-8(6-14)3-4-9(13)12(11)16;/h3-4,10,16H,1,5,15H2,2H3;1H/t10-;/m0./s1. The van der Waals surface area contributed by atoms with Crippen molar-refractivity contribution in [3.8, 4) is 11.8 Å². The summed E-state index contributed by atoms with van der Waals surface area (Å²) < 4.78 is 13.2. The van der Waals surface area contributed by atoms with Crippen LogP contribution in [0.4, 0.5) is 4.39 Å². The van der Waals surface area contributed by atoms with Crippen molar-refractivity contribution >= 4 is 12.4 Å². The quantitative estimate of drug-likeness (QED) is 0.817. The highest BCUT2D eigenvalue weighted by molar-refractivity contribution is 5.85. The van der Waals surface area contributed by atoms with Gasteiger partial charge in [-0.05, 0) is 25.5 Å². The average molecular weight is 257 g/mol. The summed E-state index contributed by atoms with van der Waals surface area (Å²) in [5, 5.41) is 18.4. The second-order valence-corrected chi connectivity index (χ2v) is 3.74. The van der Waals surface area contributed by atoms with E-state index in [1.165, 1.54) is 6.07 Å². The molecule has 0 aliphatic heterocycles. The molecule has 1 rings (SSSR count). The van der Waals surface area contributed by atoms with Crippen LogP contribution in [0.15, 0.2) is 24.3 Å². The summed E-state index contributed by atoms with van der Waals surface area (Å²) in [4.78, 5) is 0. The monoisotopic (exact) mass is 256 g/mol. The van der Waals surface area contributed by atoms with Crippen LogP contribution in [0.3, 0.4) is 0 Å². The van der Waals surface area contributed by atoms with Gasteiger partial charge in [0.05, 0.1) is 11.6 Å². The molecule has 17 heavy (non-hydrogen) atoms. The van der Waals surface area contributed by atoms with Gasteiger partial charge in [-0.2, -0.15) is 5.26 Å². The molecule has 0 saturated carbocycles. The number of hydrogen-bond acceptors (Lipinski definition) is 3. The van der Waals surface area contributed by atoms with Gasteiger partial charge in [-0.3, -0.25) is 0 Å². The van der Waals surface area contributed by atoms with E-state index in [2.05, 4.69) is 6.58 Å². The number of nitriles is 1. The van der Waals surface area contributed by atoms with E-state index in [1.807, 2.05) is 6.07 Å². The molecule has 0 fully saturated rings. The molecular formula is C12H14ClFN2O. The molecule has 3 N–H and O–H groups in total. The van der Waals surface area contributed by atoms with Crippen molar-refractivity contribution in [3.63, 3.8) is 0 Å². The number of aromatic hydroxyl groups is 1. The molecule has 0 aromatic heterocycles. The molecular weight excluding hydrogens is 243 g/mol. The summed E-state index contributed by atoms with van der Waals surface area (Å²) >= 11 is 0. The summed E-state index contributed by atoms with van der Waals surface area (Å²) in [6, 6.07) is 3.61. The van der Waals surface area contributed by atoms with E-state index in [9.17, 15) is 9.50 Å². The van der Waals surface area contributed by atoms with Crippen molar-refractivity contribution < 1.29 is 9.50 Å². The fraction of sp³-hybridized carbons (Fsp3) is 0.250. The highest BCUT2D eigenvalue weighted by Crippen LogP contribution is 2.31. The minimum atomic E-state index is -0.772. The normalized spacial score (nSPS) is 11.2. The lowest BCUT2D eigenvalue weighted by Gasteiger charge is -2.15. The molecule has 0 saturated heterocycles. The highest BCUT2D eigenvalue weighted by Gasteiger charge is 2.18. The fourth-order valence-corrected chi connectivity index (χ4v) is 1.53. The number of rotatable bonds is 3. The molecule has 1 atom stereocenters. The van der Waals surface area contributed by atoms with Crippen LogP contribution < -0.4 is 5.73 Å². The van der Waals surface area contributed by atoms with Crippen molar-refractivity contribution in [2.75, 3.05) is 0 Å². The molecule has 0 aliphatic carbocycles. The number of nitrogens with zero attached hydrogens (tertiary/aromatic N) is 1. The third-order valence-electron chi connectivity index (χ3n) is 2.23. The lowest BCUT2D eigenvalue weighted by atomic mass is 9.95. The van der Waals surface area contributed by atoms with Gasteiger partial charge >= 0.3 is 0 Å². The van der Waals surface area contributed by atoms with Gasteiger partial charge in [0, 0.05) is 11.6 Å². The number of benzene rings is 1. The maximum absolute atomic E-state index is 13.2. The second kappa shape index (κ2) is 6.24. The zero-order chi connectivity index (χ0) is 12.3. The molecule has 0 bridgehead atoms. The summed E-state index contributed by atoms with van der Waals surface area (Å²) in [5.74, 6) is -1.32. The summed E-state index contributed by atoms with van der Waals surface area (Å²) in [5.41, 5.74) is 6.94. The van der Waals surface area contributed by atoms with Crippen LogP contribution in [0.25, 0.3) is 0 Å². The van der Waals surface area contributed by atoms with Gasteiger partial charge in [0.1, 0.15) is 0 Å². The van der Waals surface area contributed by atoms with E-state index in [-0.39, 0.29) is 23.5 Å². The maximum atomic E-state index is 13.2. The molecule has 5 heteroatoms. The Balaban J connectivity index is 0.00000256. The predicted molar refractivity (Wildman–Crippen MR) is 66.4 cm³/mol. The number of phenols is 1. The van der Waals surface area contributed by atoms with E-state index in [0.717, 1.165) is 11.6 Å². The molecule has 0 aliphatic rings.